The topological polar surface area (TPSA) is 291 Å². The van der Waals surface area contributed by atoms with Crippen LogP contribution in [0.3, 0.4) is 0 Å². The summed E-state index contributed by atoms with van der Waals surface area (Å²) < 4.78 is 16.7. The van der Waals surface area contributed by atoms with Crippen molar-refractivity contribution in [1.82, 2.24) is 0 Å². The van der Waals surface area contributed by atoms with Crippen molar-refractivity contribution in [2.45, 2.75) is 54.9 Å². The fraction of sp³-hybridized carbons (Fsp3) is 0.423. The molecule has 1 aromatic heterocycles. The highest BCUT2D eigenvalue weighted by molar-refractivity contribution is 5.92. The lowest BCUT2D eigenvalue weighted by atomic mass is 9.85. The Balaban J connectivity index is 1.82. The van der Waals surface area contributed by atoms with Crippen LogP contribution in [0.4, 0.5) is 0 Å². The van der Waals surface area contributed by atoms with Crippen LogP contribution in [0.2, 0.25) is 0 Å². The number of rotatable bonds is 4. The van der Waals surface area contributed by atoms with Crippen LogP contribution in [0.15, 0.2) is 27.4 Å². The Morgan fingerprint density at radius 1 is 0.714 bits per heavy atom. The van der Waals surface area contributed by atoms with Crippen LogP contribution in [0, 0.1) is 0 Å². The van der Waals surface area contributed by atoms with Crippen molar-refractivity contribution < 1.29 is 75.2 Å². The summed E-state index contributed by atoms with van der Waals surface area (Å²) in [7, 11) is 0. The molecule has 3 heterocycles. The summed E-state index contributed by atoms with van der Waals surface area (Å²) in [5.41, 5.74) is -3.13. The fourth-order valence-electron chi connectivity index (χ4n) is 5.23. The van der Waals surface area contributed by atoms with Crippen molar-refractivity contribution in [3.05, 3.63) is 39.5 Å². The Kier molecular flexibility index (Phi) is 7.69. The Morgan fingerprint density at radius 3 is 1.95 bits per heavy atom. The lowest BCUT2D eigenvalue weighted by Crippen LogP contribution is -2.55. The maximum Gasteiger partial charge on any atom is 0.200 e. The third-order valence-corrected chi connectivity index (χ3v) is 7.51. The zero-order valence-electron chi connectivity index (χ0n) is 21.3. The van der Waals surface area contributed by atoms with Crippen molar-refractivity contribution in [1.29, 1.82) is 0 Å². The van der Waals surface area contributed by atoms with E-state index in [1.807, 2.05) is 0 Å². The number of hydrogen-bond acceptors (Lipinski definition) is 16. The number of phenols is 5. The molecule has 2 fully saturated rings. The van der Waals surface area contributed by atoms with Crippen molar-refractivity contribution in [3.8, 4) is 40.1 Å². The first kappa shape index (κ1) is 29.8. The number of benzene rings is 2. The van der Waals surface area contributed by atoms with Gasteiger partial charge in [0.15, 0.2) is 28.3 Å². The van der Waals surface area contributed by atoms with Gasteiger partial charge in [-0.25, -0.2) is 0 Å². The van der Waals surface area contributed by atoms with E-state index < -0.39 is 124 Å². The summed E-state index contributed by atoms with van der Waals surface area (Å²) in [6.07, 6.45) is -16.3. The SMILES string of the molecule is O=c1cc(-c2cc(O)c(O)c(O)c2)oc2c([C@H]3OC[C@H](O)[C@@H](O)[C@H]3O)c(O)c([C@@H]3O[C@H](CO)[C@@H](O)[C@H](O)[C@H]3O)c(O)c12. The molecule has 2 aliphatic rings. The molecule has 2 aromatic carbocycles. The van der Waals surface area contributed by atoms with E-state index in [2.05, 4.69) is 0 Å². The maximum absolute atomic E-state index is 13.4. The van der Waals surface area contributed by atoms with Gasteiger partial charge in [0.1, 0.15) is 77.6 Å². The van der Waals surface area contributed by atoms with E-state index in [-0.39, 0.29) is 11.3 Å². The molecule has 0 saturated carbocycles. The molecule has 0 amide bonds. The smallest absolute Gasteiger partial charge is 0.200 e. The molecule has 0 bridgehead atoms. The second-order valence-corrected chi connectivity index (χ2v) is 10.1. The molecule has 42 heavy (non-hydrogen) atoms. The van der Waals surface area contributed by atoms with Crippen molar-refractivity contribution >= 4 is 11.0 Å². The minimum atomic E-state index is -2.04. The molecular formula is C26H28O16. The first-order valence-electron chi connectivity index (χ1n) is 12.6. The number of fused-ring (bicyclic) bond motifs is 1. The summed E-state index contributed by atoms with van der Waals surface area (Å²) in [5, 5.41) is 123. The summed E-state index contributed by atoms with van der Waals surface area (Å²) in [6.45, 7) is -1.44. The second-order valence-electron chi connectivity index (χ2n) is 10.1. The first-order valence-corrected chi connectivity index (χ1v) is 12.6. The summed E-state index contributed by atoms with van der Waals surface area (Å²) in [5.74, 6) is -4.88. The van der Waals surface area contributed by atoms with Crippen molar-refractivity contribution in [2.24, 2.45) is 0 Å². The lowest BCUT2D eigenvalue weighted by Gasteiger charge is -2.41. The van der Waals surface area contributed by atoms with Crippen molar-refractivity contribution in [3.63, 3.8) is 0 Å². The number of ether oxygens (including phenoxy) is 2. The highest BCUT2D eigenvalue weighted by Crippen LogP contribution is 2.50. The maximum atomic E-state index is 13.4. The van der Waals surface area contributed by atoms with Gasteiger partial charge in [-0.2, -0.15) is 0 Å². The number of phenolic OH excluding ortho intramolecular Hbond substituents is 5. The standard InChI is InChI=1S/C26H28O16/c27-4-12-18(34)21(37)23(39)26(42-12)14-19(35)13-7(28)3-11(6-1-8(29)16(32)9(30)2-6)41-24(13)15(20(14)36)25-22(38)17(33)10(31)5-40-25/h1-3,10,12,17-18,21-23,25-27,29-39H,4-5H2/t10-,12+,17+,18+,21-,22+,23+,25+,26-/m0/s1. The van der Waals surface area contributed by atoms with E-state index in [4.69, 9.17) is 13.9 Å². The zero-order valence-corrected chi connectivity index (χ0v) is 21.3. The molecule has 0 aliphatic carbocycles. The van der Waals surface area contributed by atoms with Crippen LogP contribution in [0.1, 0.15) is 23.3 Å². The molecule has 228 valence electrons. The zero-order chi connectivity index (χ0) is 30.8. The van der Waals surface area contributed by atoms with Crippen LogP contribution in [0.5, 0.6) is 28.7 Å². The normalized spacial score (nSPS) is 31.8. The summed E-state index contributed by atoms with van der Waals surface area (Å²) in [6, 6.07) is 2.65. The molecule has 0 radical (unpaired) electrons. The molecule has 3 aromatic rings. The van der Waals surface area contributed by atoms with E-state index in [0.29, 0.717) is 0 Å². The average Bonchev–Trinajstić information content (AvgIpc) is 2.95. The molecule has 16 nitrogen and oxygen atoms in total. The van der Waals surface area contributed by atoms with E-state index in [1.54, 1.807) is 0 Å². The molecule has 0 spiro atoms. The van der Waals surface area contributed by atoms with Gasteiger partial charge in [-0.05, 0) is 12.1 Å². The van der Waals surface area contributed by atoms with E-state index >= 15 is 0 Å². The van der Waals surface area contributed by atoms with Gasteiger partial charge in [0, 0.05) is 11.6 Å². The Bertz CT molecular complexity index is 1540. The summed E-state index contributed by atoms with van der Waals surface area (Å²) >= 11 is 0. The molecular weight excluding hydrogens is 568 g/mol. The third-order valence-electron chi connectivity index (χ3n) is 7.51. The van der Waals surface area contributed by atoms with Crippen LogP contribution in [-0.4, -0.2) is 117 Å². The van der Waals surface area contributed by atoms with Gasteiger partial charge in [0.2, 0.25) is 0 Å². The molecule has 12 N–H and O–H groups in total. The van der Waals surface area contributed by atoms with Gasteiger partial charge in [0.25, 0.3) is 0 Å². The lowest BCUT2D eigenvalue weighted by molar-refractivity contribution is -0.232. The monoisotopic (exact) mass is 596 g/mol. The van der Waals surface area contributed by atoms with E-state index in [1.165, 1.54) is 0 Å². The average molecular weight is 596 g/mol. The number of aromatic hydroxyl groups is 5. The Hall–Kier alpha value is -3.71. The second kappa shape index (κ2) is 10.8. The number of aliphatic hydroxyl groups excluding tert-OH is 7. The molecule has 5 rings (SSSR count). The van der Waals surface area contributed by atoms with Crippen LogP contribution < -0.4 is 5.43 Å². The number of aliphatic hydroxyl groups is 7. The predicted molar refractivity (Wildman–Crippen MR) is 136 cm³/mol. The first-order chi connectivity index (χ1) is 19.8. The van der Waals surface area contributed by atoms with Crippen LogP contribution in [-0.2, 0) is 9.47 Å². The van der Waals surface area contributed by atoms with Gasteiger partial charge in [0.05, 0.1) is 24.3 Å². The fourth-order valence-corrected chi connectivity index (χ4v) is 5.23. The van der Waals surface area contributed by atoms with Crippen LogP contribution in [0.25, 0.3) is 22.3 Å². The van der Waals surface area contributed by atoms with E-state index in [0.717, 1.165) is 18.2 Å². The van der Waals surface area contributed by atoms with Gasteiger partial charge in [-0.3, -0.25) is 4.79 Å². The quantitative estimate of drug-likeness (QED) is 0.140. The molecule has 9 atom stereocenters. The largest absolute Gasteiger partial charge is 0.507 e. The molecule has 16 heteroatoms. The van der Waals surface area contributed by atoms with E-state index in [9.17, 15) is 66.1 Å². The van der Waals surface area contributed by atoms with Gasteiger partial charge < -0.3 is 75.2 Å². The van der Waals surface area contributed by atoms with Crippen LogP contribution >= 0.6 is 0 Å². The highest BCUT2D eigenvalue weighted by atomic mass is 16.5. The molecule has 2 saturated heterocycles. The highest BCUT2D eigenvalue weighted by Gasteiger charge is 2.48. The van der Waals surface area contributed by atoms with Crippen molar-refractivity contribution in [2.75, 3.05) is 13.2 Å². The van der Waals surface area contributed by atoms with Gasteiger partial charge >= 0.3 is 0 Å². The predicted octanol–water partition coefficient (Wildman–Crippen LogP) is -2.34. The summed E-state index contributed by atoms with van der Waals surface area (Å²) in [4.78, 5) is 13.4. The minimum Gasteiger partial charge on any atom is -0.507 e. The Labute approximate surface area is 234 Å². The van der Waals surface area contributed by atoms with Gasteiger partial charge in [-0.1, -0.05) is 0 Å². The molecule has 0 unspecified atom stereocenters. The minimum absolute atomic E-state index is 0.162. The third kappa shape index (κ3) is 4.58. The Morgan fingerprint density at radius 2 is 1.33 bits per heavy atom. The molecule has 2 aliphatic heterocycles. The van der Waals surface area contributed by atoms with Gasteiger partial charge in [-0.15, -0.1) is 0 Å². The number of hydrogen-bond donors (Lipinski definition) is 12.